The van der Waals surface area contributed by atoms with Gasteiger partial charge in [0.05, 0.1) is 34.0 Å². The molecule has 1 heterocycles. The van der Waals surface area contributed by atoms with Gasteiger partial charge in [0.1, 0.15) is 12.4 Å². The molecule has 0 bridgehead atoms. The van der Waals surface area contributed by atoms with Gasteiger partial charge < -0.3 is 14.8 Å². The quantitative estimate of drug-likeness (QED) is 0.557. The van der Waals surface area contributed by atoms with E-state index in [1.54, 1.807) is 32.2 Å². The molecule has 6 nitrogen and oxygen atoms in total. The molecule has 0 saturated heterocycles. The maximum absolute atomic E-state index is 13.0. The average molecular weight is 477 g/mol. The Morgan fingerprint density at radius 1 is 1.19 bits per heavy atom. The molecule has 0 radical (unpaired) electrons. The average Bonchev–Trinajstić information content (AvgIpc) is 2.74. The van der Waals surface area contributed by atoms with Gasteiger partial charge in [-0.25, -0.2) is 9.59 Å². The number of halogens is 2. The molecule has 32 heavy (non-hydrogen) atoms. The number of esters is 1. The Morgan fingerprint density at radius 2 is 1.91 bits per heavy atom. The van der Waals surface area contributed by atoms with Gasteiger partial charge in [-0.2, -0.15) is 0 Å². The fraction of sp³-hybridized carbons (Fsp3) is 0.333. The second-order valence-electron chi connectivity index (χ2n) is 7.66. The molecule has 0 saturated carbocycles. The van der Waals surface area contributed by atoms with Crippen molar-refractivity contribution in [2.75, 3.05) is 20.3 Å². The minimum absolute atomic E-state index is 0.00349. The second kappa shape index (κ2) is 9.84. The number of likely N-dealkylation sites (N-methyl/N-ethyl adjacent to an activating group) is 1. The number of urea groups is 1. The van der Waals surface area contributed by atoms with Gasteiger partial charge in [0, 0.05) is 7.05 Å². The van der Waals surface area contributed by atoms with Crippen LogP contribution in [0.4, 0.5) is 4.79 Å². The molecule has 1 N–H and O–H groups in total. The van der Waals surface area contributed by atoms with Gasteiger partial charge in [0.25, 0.3) is 0 Å². The van der Waals surface area contributed by atoms with Crippen molar-refractivity contribution in [2.24, 2.45) is 0 Å². The highest BCUT2D eigenvalue weighted by molar-refractivity contribution is 6.42. The lowest BCUT2D eigenvalue weighted by atomic mass is 9.94. The third-order valence-electron chi connectivity index (χ3n) is 5.49. The van der Waals surface area contributed by atoms with E-state index in [2.05, 4.69) is 11.4 Å². The number of benzene rings is 2. The zero-order valence-corrected chi connectivity index (χ0v) is 20.2. The topological polar surface area (TPSA) is 67.9 Å². The molecule has 170 valence electrons. The first-order valence-corrected chi connectivity index (χ1v) is 11.0. The van der Waals surface area contributed by atoms with E-state index in [1.807, 2.05) is 26.8 Å². The minimum Gasteiger partial charge on any atom is -0.487 e. The number of carbonyl (C=O) groups is 2. The minimum atomic E-state index is -0.831. The van der Waals surface area contributed by atoms with Gasteiger partial charge in [-0.3, -0.25) is 4.90 Å². The van der Waals surface area contributed by atoms with Gasteiger partial charge in [0.15, 0.2) is 0 Å². The first-order valence-electron chi connectivity index (χ1n) is 10.2. The number of hydrogen-bond acceptors (Lipinski definition) is 4. The fourth-order valence-electron chi connectivity index (χ4n) is 3.65. The highest BCUT2D eigenvalue weighted by Crippen LogP contribution is 2.37. The molecule has 1 aliphatic rings. The summed E-state index contributed by atoms with van der Waals surface area (Å²) in [5, 5.41) is 3.41. The van der Waals surface area contributed by atoms with Crippen molar-refractivity contribution in [2.45, 2.75) is 33.7 Å². The van der Waals surface area contributed by atoms with Crippen molar-refractivity contribution in [1.29, 1.82) is 0 Å². The summed E-state index contributed by atoms with van der Waals surface area (Å²) in [5.74, 6) is 0.131. The molecule has 8 heteroatoms. The van der Waals surface area contributed by atoms with Gasteiger partial charge in [0.2, 0.25) is 0 Å². The molecule has 0 unspecified atom stereocenters. The van der Waals surface area contributed by atoms with Crippen molar-refractivity contribution in [3.63, 3.8) is 0 Å². The van der Waals surface area contributed by atoms with E-state index in [0.717, 1.165) is 16.7 Å². The summed E-state index contributed by atoms with van der Waals surface area (Å²) >= 11 is 12.6. The monoisotopic (exact) mass is 476 g/mol. The summed E-state index contributed by atoms with van der Waals surface area (Å²) in [4.78, 5) is 27.2. The molecule has 2 amide bonds. The molecule has 0 aromatic heterocycles. The number of nitrogens with zero attached hydrogens (tertiary/aromatic N) is 1. The lowest BCUT2D eigenvalue weighted by Gasteiger charge is -2.35. The lowest BCUT2D eigenvalue weighted by Crippen LogP contribution is -2.48. The summed E-state index contributed by atoms with van der Waals surface area (Å²) in [6.45, 7) is 7.86. The Labute approximate surface area is 198 Å². The van der Waals surface area contributed by atoms with E-state index in [1.165, 1.54) is 4.90 Å². The zero-order valence-electron chi connectivity index (χ0n) is 18.7. The van der Waals surface area contributed by atoms with Crippen molar-refractivity contribution < 1.29 is 19.1 Å². The van der Waals surface area contributed by atoms with E-state index >= 15 is 0 Å². The number of ether oxygens (including phenoxy) is 2. The Balaban J connectivity index is 2.11. The maximum atomic E-state index is 13.0. The summed E-state index contributed by atoms with van der Waals surface area (Å²) in [6.07, 6.45) is 0. The molecule has 1 atom stereocenters. The number of aryl methyl sites for hydroxylation is 2. The third-order valence-corrected chi connectivity index (χ3v) is 6.33. The fourth-order valence-corrected chi connectivity index (χ4v) is 4.07. The first-order chi connectivity index (χ1) is 15.1. The van der Waals surface area contributed by atoms with E-state index in [9.17, 15) is 9.59 Å². The van der Waals surface area contributed by atoms with Crippen LogP contribution in [0.2, 0.25) is 10.0 Å². The smallest absolute Gasteiger partial charge is 0.338 e. The Bertz CT molecular complexity index is 1100. The maximum Gasteiger partial charge on any atom is 0.338 e. The molecule has 3 rings (SSSR count). The van der Waals surface area contributed by atoms with Crippen molar-refractivity contribution >= 4 is 35.2 Å². The number of hydrogen-bond donors (Lipinski definition) is 1. The molecule has 0 aliphatic carbocycles. The van der Waals surface area contributed by atoms with E-state index in [-0.39, 0.29) is 23.8 Å². The second-order valence-corrected chi connectivity index (χ2v) is 8.44. The number of nitrogens with one attached hydrogen (secondary N) is 1. The Kier molecular flexibility index (Phi) is 7.36. The SMILES string of the molecule is CCOC(=O)C1=C(COc2cc(C)cc(C)c2C)N(C)C(=O)N[C@H]1c1cccc(Cl)c1Cl. The molecule has 0 spiro atoms. The van der Waals surface area contributed by atoms with Crippen molar-refractivity contribution in [3.8, 4) is 5.75 Å². The normalized spacial score (nSPS) is 16.2. The van der Waals surface area contributed by atoms with Crippen LogP contribution in [-0.4, -0.2) is 37.2 Å². The zero-order chi connectivity index (χ0) is 23.6. The van der Waals surface area contributed by atoms with Crippen LogP contribution in [0, 0.1) is 20.8 Å². The third kappa shape index (κ3) is 4.71. The van der Waals surface area contributed by atoms with Crippen LogP contribution in [0.3, 0.4) is 0 Å². The van der Waals surface area contributed by atoms with Crippen molar-refractivity contribution in [1.82, 2.24) is 10.2 Å². The largest absolute Gasteiger partial charge is 0.487 e. The molecule has 1 aliphatic heterocycles. The summed E-state index contributed by atoms with van der Waals surface area (Å²) in [7, 11) is 1.58. The van der Waals surface area contributed by atoms with Crippen LogP contribution in [0.15, 0.2) is 41.6 Å². The van der Waals surface area contributed by atoms with Crippen molar-refractivity contribution in [3.05, 3.63) is 73.9 Å². The van der Waals surface area contributed by atoms with Crippen LogP contribution >= 0.6 is 23.2 Å². The highest BCUT2D eigenvalue weighted by atomic mass is 35.5. The van der Waals surface area contributed by atoms with Crippen LogP contribution in [0.1, 0.15) is 35.2 Å². The first kappa shape index (κ1) is 24.0. The molecule has 0 fully saturated rings. The standard InChI is InChI=1S/C24H26Cl2N2O4/c1-6-31-23(29)20-18(12-32-19-11-13(2)10-14(3)15(19)4)28(5)24(30)27-22(20)16-8-7-9-17(25)21(16)26/h7-11,22H,6,12H2,1-5H3,(H,27,30)/t22-/m0/s1. The predicted octanol–water partition coefficient (Wildman–Crippen LogP) is 5.51. The number of rotatable bonds is 6. The highest BCUT2D eigenvalue weighted by Gasteiger charge is 2.38. The summed E-state index contributed by atoms with van der Waals surface area (Å²) in [5.41, 5.74) is 4.29. The molecule has 2 aromatic carbocycles. The number of amides is 2. The number of carbonyl (C=O) groups excluding carboxylic acids is 2. The Morgan fingerprint density at radius 3 is 2.59 bits per heavy atom. The van der Waals surface area contributed by atoms with Gasteiger partial charge in [-0.1, -0.05) is 41.4 Å². The predicted molar refractivity (Wildman–Crippen MR) is 125 cm³/mol. The van der Waals surface area contributed by atoms with Gasteiger partial charge in [-0.15, -0.1) is 0 Å². The lowest BCUT2D eigenvalue weighted by molar-refractivity contribution is -0.139. The van der Waals surface area contributed by atoms with Crippen LogP contribution in [0.5, 0.6) is 5.75 Å². The molecular weight excluding hydrogens is 451 g/mol. The van der Waals surface area contributed by atoms with Gasteiger partial charge >= 0.3 is 12.0 Å². The van der Waals surface area contributed by atoms with Crippen LogP contribution in [0.25, 0.3) is 0 Å². The van der Waals surface area contributed by atoms with Crippen LogP contribution < -0.4 is 10.1 Å². The summed E-state index contributed by atoms with van der Waals surface area (Å²) in [6, 6.07) is 7.86. The molecular formula is C24H26Cl2N2O4. The van der Waals surface area contributed by atoms with Gasteiger partial charge in [-0.05, 0) is 62.1 Å². The van der Waals surface area contributed by atoms with E-state index in [4.69, 9.17) is 32.7 Å². The summed E-state index contributed by atoms with van der Waals surface area (Å²) < 4.78 is 11.4. The van der Waals surface area contributed by atoms with Crippen LogP contribution in [-0.2, 0) is 9.53 Å². The Hall–Kier alpha value is -2.70. The van der Waals surface area contributed by atoms with E-state index in [0.29, 0.717) is 22.0 Å². The molecule has 2 aromatic rings. The van der Waals surface area contributed by atoms with E-state index < -0.39 is 18.0 Å².